The van der Waals surface area contributed by atoms with E-state index in [-0.39, 0.29) is 30.2 Å². The maximum absolute atomic E-state index is 12.1. The predicted octanol–water partition coefficient (Wildman–Crippen LogP) is 2.26. The monoisotopic (exact) mass is 388 g/mol. The van der Waals surface area contributed by atoms with Crippen LogP contribution in [-0.2, 0) is 9.53 Å². The number of nitrogens with one attached hydrogen (secondary N) is 1. The molecule has 1 N–H and O–H groups in total. The van der Waals surface area contributed by atoms with Crippen LogP contribution in [0.2, 0.25) is 0 Å². The Hall–Kier alpha value is -3.62. The number of hydrogen-bond donors (Lipinski definition) is 1. The van der Waals surface area contributed by atoms with Gasteiger partial charge in [0, 0.05) is 12.1 Å². The van der Waals surface area contributed by atoms with Crippen molar-refractivity contribution in [3.8, 4) is 11.5 Å². The standard InChI is InChI=1S/C19H20N2O7/c1-13-4-3-5-15(10-13)27-9-8-20-18(22)12-28-19(23)16-11-14(21(24)25)6-7-17(16)26-2/h3-7,10-11H,8-9,12H2,1-2H3,(H,20,22). The summed E-state index contributed by atoms with van der Waals surface area (Å²) < 4.78 is 15.4. The minimum Gasteiger partial charge on any atom is -0.496 e. The Balaban J connectivity index is 1.80. The van der Waals surface area contributed by atoms with Gasteiger partial charge in [-0.2, -0.15) is 0 Å². The van der Waals surface area contributed by atoms with Gasteiger partial charge in [-0.25, -0.2) is 4.79 Å². The number of nitro groups is 1. The zero-order chi connectivity index (χ0) is 20.5. The Labute approximate surface area is 161 Å². The van der Waals surface area contributed by atoms with Crippen LogP contribution in [0, 0.1) is 17.0 Å². The normalized spacial score (nSPS) is 10.1. The topological polar surface area (TPSA) is 117 Å². The van der Waals surface area contributed by atoms with E-state index in [1.165, 1.54) is 19.2 Å². The molecule has 2 rings (SSSR count). The molecule has 2 aromatic rings. The van der Waals surface area contributed by atoms with Crippen LogP contribution >= 0.6 is 0 Å². The van der Waals surface area contributed by atoms with Crippen LogP contribution in [-0.4, -0.2) is 43.7 Å². The summed E-state index contributed by atoms with van der Waals surface area (Å²) in [5.74, 6) is -0.613. The van der Waals surface area contributed by atoms with Crippen molar-refractivity contribution in [2.24, 2.45) is 0 Å². The number of benzene rings is 2. The van der Waals surface area contributed by atoms with Crippen LogP contribution < -0.4 is 14.8 Å². The summed E-state index contributed by atoms with van der Waals surface area (Å²) >= 11 is 0. The zero-order valence-electron chi connectivity index (χ0n) is 15.5. The lowest BCUT2D eigenvalue weighted by Crippen LogP contribution is -2.32. The van der Waals surface area contributed by atoms with E-state index in [0.29, 0.717) is 5.75 Å². The first kappa shape index (κ1) is 20.7. The average Bonchev–Trinajstić information content (AvgIpc) is 2.68. The van der Waals surface area contributed by atoms with E-state index < -0.39 is 23.4 Å². The molecule has 0 saturated carbocycles. The fourth-order valence-electron chi connectivity index (χ4n) is 2.29. The second-order valence-corrected chi connectivity index (χ2v) is 5.73. The number of aryl methyl sites for hydroxylation is 1. The number of esters is 1. The second-order valence-electron chi connectivity index (χ2n) is 5.73. The highest BCUT2D eigenvalue weighted by molar-refractivity contribution is 5.94. The van der Waals surface area contributed by atoms with Crippen LogP contribution in [0.4, 0.5) is 5.69 Å². The maximum Gasteiger partial charge on any atom is 0.342 e. The van der Waals surface area contributed by atoms with Gasteiger partial charge >= 0.3 is 5.97 Å². The van der Waals surface area contributed by atoms with Gasteiger partial charge < -0.3 is 19.5 Å². The summed E-state index contributed by atoms with van der Waals surface area (Å²) in [5.41, 5.74) is 0.641. The minimum atomic E-state index is -0.897. The number of rotatable bonds is 9. The number of hydrogen-bond acceptors (Lipinski definition) is 7. The number of methoxy groups -OCH3 is 1. The minimum absolute atomic E-state index is 0.113. The Morgan fingerprint density at radius 3 is 2.64 bits per heavy atom. The van der Waals surface area contributed by atoms with Crippen LogP contribution in [0.5, 0.6) is 11.5 Å². The third-order valence-electron chi connectivity index (χ3n) is 3.63. The van der Waals surface area contributed by atoms with Gasteiger partial charge in [0.1, 0.15) is 23.7 Å². The van der Waals surface area contributed by atoms with Gasteiger partial charge in [0.05, 0.1) is 18.6 Å². The highest BCUT2D eigenvalue weighted by Gasteiger charge is 2.19. The Bertz CT molecular complexity index is 867. The molecule has 0 aliphatic carbocycles. The first-order chi connectivity index (χ1) is 13.4. The SMILES string of the molecule is COc1ccc([N+](=O)[O-])cc1C(=O)OCC(=O)NCCOc1cccc(C)c1. The molecule has 0 spiro atoms. The first-order valence-corrected chi connectivity index (χ1v) is 8.36. The summed E-state index contributed by atoms with van der Waals surface area (Å²) in [6.45, 7) is 1.89. The van der Waals surface area contributed by atoms with Gasteiger partial charge in [-0.05, 0) is 30.7 Å². The van der Waals surface area contributed by atoms with E-state index >= 15 is 0 Å². The van der Waals surface area contributed by atoms with Gasteiger partial charge in [-0.3, -0.25) is 14.9 Å². The van der Waals surface area contributed by atoms with Crippen molar-refractivity contribution in [3.63, 3.8) is 0 Å². The lowest BCUT2D eigenvalue weighted by Gasteiger charge is -2.10. The highest BCUT2D eigenvalue weighted by atomic mass is 16.6. The molecule has 0 heterocycles. The van der Waals surface area contributed by atoms with Gasteiger partial charge in [0.2, 0.25) is 0 Å². The van der Waals surface area contributed by atoms with E-state index in [4.69, 9.17) is 14.2 Å². The molecule has 0 atom stereocenters. The summed E-state index contributed by atoms with van der Waals surface area (Å²) in [7, 11) is 1.32. The molecule has 1 amide bonds. The quantitative estimate of drug-likeness (QED) is 0.303. The number of non-ortho nitro benzene ring substituents is 1. The van der Waals surface area contributed by atoms with Crippen molar-refractivity contribution in [2.45, 2.75) is 6.92 Å². The predicted molar refractivity (Wildman–Crippen MR) is 99.6 cm³/mol. The molecule has 0 radical (unpaired) electrons. The Kier molecular flexibility index (Phi) is 7.32. The second kappa shape index (κ2) is 9.91. The van der Waals surface area contributed by atoms with Crippen molar-refractivity contribution in [2.75, 3.05) is 26.9 Å². The van der Waals surface area contributed by atoms with E-state index in [0.717, 1.165) is 11.6 Å². The summed E-state index contributed by atoms with van der Waals surface area (Å²) in [4.78, 5) is 34.1. The Morgan fingerprint density at radius 1 is 1.18 bits per heavy atom. The summed E-state index contributed by atoms with van der Waals surface area (Å²) in [5, 5.41) is 13.4. The van der Waals surface area contributed by atoms with E-state index in [2.05, 4.69) is 5.32 Å². The lowest BCUT2D eigenvalue weighted by molar-refractivity contribution is -0.384. The first-order valence-electron chi connectivity index (χ1n) is 8.36. The smallest absolute Gasteiger partial charge is 0.342 e. The highest BCUT2D eigenvalue weighted by Crippen LogP contribution is 2.24. The molecular formula is C19H20N2O7. The summed E-state index contributed by atoms with van der Waals surface area (Å²) in [6, 6.07) is 11.0. The molecular weight excluding hydrogens is 368 g/mol. The van der Waals surface area contributed by atoms with Gasteiger partial charge in [0.15, 0.2) is 6.61 Å². The van der Waals surface area contributed by atoms with E-state index in [1.54, 1.807) is 0 Å². The molecule has 0 aliphatic heterocycles. The molecule has 9 nitrogen and oxygen atoms in total. The molecule has 148 valence electrons. The van der Waals surface area contributed by atoms with Crippen LogP contribution in [0.1, 0.15) is 15.9 Å². The lowest BCUT2D eigenvalue weighted by atomic mass is 10.2. The molecule has 0 saturated heterocycles. The molecule has 0 unspecified atom stereocenters. The number of amides is 1. The molecule has 0 aliphatic rings. The van der Waals surface area contributed by atoms with Crippen LogP contribution in [0.3, 0.4) is 0 Å². The average molecular weight is 388 g/mol. The van der Waals surface area contributed by atoms with E-state index in [9.17, 15) is 19.7 Å². The van der Waals surface area contributed by atoms with Crippen molar-refractivity contribution in [1.29, 1.82) is 0 Å². The molecule has 0 aromatic heterocycles. The molecule has 2 aromatic carbocycles. The third kappa shape index (κ3) is 5.97. The van der Waals surface area contributed by atoms with Crippen molar-refractivity contribution >= 4 is 17.6 Å². The number of nitrogens with zero attached hydrogens (tertiary/aromatic N) is 1. The van der Waals surface area contributed by atoms with Gasteiger partial charge in [0.25, 0.3) is 11.6 Å². The molecule has 9 heteroatoms. The van der Waals surface area contributed by atoms with Crippen molar-refractivity contribution < 1.29 is 28.7 Å². The van der Waals surface area contributed by atoms with Gasteiger partial charge in [-0.15, -0.1) is 0 Å². The Morgan fingerprint density at radius 2 is 1.96 bits per heavy atom. The fourth-order valence-corrected chi connectivity index (χ4v) is 2.29. The number of nitro benzene ring substituents is 1. The summed E-state index contributed by atoms with van der Waals surface area (Å²) in [6.07, 6.45) is 0. The van der Waals surface area contributed by atoms with Gasteiger partial charge in [-0.1, -0.05) is 12.1 Å². The third-order valence-corrected chi connectivity index (χ3v) is 3.63. The van der Waals surface area contributed by atoms with E-state index in [1.807, 2.05) is 31.2 Å². The van der Waals surface area contributed by atoms with Crippen LogP contribution in [0.25, 0.3) is 0 Å². The number of carbonyl (C=O) groups is 2. The number of carbonyl (C=O) groups excluding carboxylic acids is 2. The molecule has 0 bridgehead atoms. The maximum atomic E-state index is 12.1. The largest absolute Gasteiger partial charge is 0.496 e. The molecule has 28 heavy (non-hydrogen) atoms. The van der Waals surface area contributed by atoms with Crippen molar-refractivity contribution in [1.82, 2.24) is 5.32 Å². The molecule has 0 fully saturated rings. The number of ether oxygens (including phenoxy) is 3. The fraction of sp³-hybridized carbons (Fsp3) is 0.263. The van der Waals surface area contributed by atoms with Crippen molar-refractivity contribution in [3.05, 3.63) is 63.7 Å². The zero-order valence-corrected chi connectivity index (χ0v) is 15.5. The van der Waals surface area contributed by atoms with Crippen LogP contribution in [0.15, 0.2) is 42.5 Å².